The van der Waals surface area contributed by atoms with Crippen LogP contribution in [0.15, 0.2) is 182 Å². The standard InChI is InChI=1S/C50H37N4/c1-33-29-34(2)31-39(30-33)52(35-15-6-3-7-16-35)38-25-26-43-46(32-38)54-44-24-14-23-41-40-21-12-13-22-42(40)49(47(41)44)51-28-27-45(48(43)50(51)54)53(36-17-8-4-9-18-36)37-19-10-5-11-20-37/h3-32,49H,1-2H3/q+1. The van der Waals surface area contributed by atoms with E-state index in [1.807, 2.05) is 0 Å². The number of rotatable bonds is 6. The largest absolute Gasteiger partial charge is 0.310 e. The SMILES string of the molecule is Cc1cc(C)cc(N(c2ccccc2)c2ccc3c4c(N(c5ccccc5)c5ccccc5)cc[n+]5c4n(c3c2)-c2cccc3c2C5c2ccccc2-3)c1. The zero-order chi connectivity index (χ0) is 35.9. The van der Waals surface area contributed by atoms with Gasteiger partial charge in [-0.1, -0.05) is 97.1 Å². The van der Waals surface area contributed by atoms with Crippen LogP contribution in [0, 0.1) is 13.8 Å². The van der Waals surface area contributed by atoms with E-state index in [1.165, 1.54) is 61.0 Å². The average Bonchev–Trinajstić information content (AvgIpc) is 3.73. The summed E-state index contributed by atoms with van der Waals surface area (Å²) in [4.78, 5) is 4.81. The van der Waals surface area contributed by atoms with Crippen LogP contribution in [0.2, 0.25) is 0 Å². The highest BCUT2D eigenvalue weighted by molar-refractivity contribution is 6.15. The molecule has 4 heteroatoms. The lowest BCUT2D eigenvalue weighted by Crippen LogP contribution is -2.44. The van der Waals surface area contributed by atoms with Crippen molar-refractivity contribution in [2.45, 2.75) is 19.9 Å². The predicted molar refractivity (Wildman–Crippen MR) is 222 cm³/mol. The third kappa shape index (κ3) is 4.47. The van der Waals surface area contributed by atoms with Gasteiger partial charge in [-0.05, 0) is 103 Å². The summed E-state index contributed by atoms with van der Waals surface area (Å²) in [5.74, 6) is 0. The second-order valence-corrected chi connectivity index (χ2v) is 14.6. The molecule has 1 aliphatic heterocycles. The molecule has 256 valence electrons. The summed E-state index contributed by atoms with van der Waals surface area (Å²) in [5.41, 5.74) is 18.2. The highest BCUT2D eigenvalue weighted by Gasteiger charge is 2.44. The Kier molecular flexibility index (Phi) is 6.71. The number of pyridine rings is 1. The van der Waals surface area contributed by atoms with Gasteiger partial charge in [-0.2, -0.15) is 4.57 Å². The summed E-state index contributed by atoms with van der Waals surface area (Å²) in [6.07, 6.45) is 2.32. The molecule has 4 nitrogen and oxygen atoms in total. The second-order valence-electron chi connectivity index (χ2n) is 14.6. The lowest BCUT2D eigenvalue weighted by atomic mass is 10.00. The first-order valence-corrected chi connectivity index (χ1v) is 18.7. The number of anilines is 6. The molecule has 7 aromatic carbocycles. The molecule has 1 atom stereocenters. The van der Waals surface area contributed by atoms with Crippen molar-refractivity contribution in [2.24, 2.45) is 0 Å². The number of benzene rings is 7. The lowest BCUT2D eigenvalue weighted by molar-refractivity contribution is -0.682. The monoisotopic (exact) mass is 693 g/mol. The van der Waals surface area contributed by atoms with Gasteiger partial charge in [0.2, 0.25) is 0 Å². The number of fused-ring (bicyclic) bond motifs is 8. The van der Waals surface area contributed by atoms with Gasteiger partial charge < -0.3 is 9.80 Å². The molecule has 1 aliphatic carbocycles. The highest BCUT2D eigenvalue weighted by atomic mass is 15.2. The van der Waals surface area contributed by atoms with E-state index in [4.69, 9.17) is 0 Å². The van der Waals surface area contributed by atoms with Gasteiger partial charge in [-0.25, -0.2) is 4.57 Å². The number of nitrogens with zero attached hydrogens (tertiary/aromatic N) is 4. The zero-order valence-corrected chi connectivity index (χ0v) is 30.2. The van der Waals surface area contributed by atoms with Crippen molar-refractivity contribution in [3.05, 3.63) is 204 Å². The minimum atomic E-state index is 0.0817. The molecule has 0 spiro atoms. The van der Waals surface area contributed by atoms with Gasteiger partial charge in [0.25, 0.3) is 5.65 Å². The minimum absolute atomic E-state index is 0.0817. The molecule has 0 radical (unpaired) electrons. The fourth-order valence-electron chi connectivity index (χ4n) is 9.22. The molecular formula is C50H37N4+. The molecule has 0 amide bonds. The number of para-hydroxylation sites is 3. The molecule has 11 rings (SSSR count). The Labute approximate surface area is 315 Å². The molecule has 0 saturated heterocycles. The summed E-state index contributed by atoms with van der Waals surface area (Å²) in [6.45, 7) is 4.37. The van der Waals surface area contributed by atoms with Crippen LogP contribution in [0.1, 0.15) is 28.3 Å². The van der Waals surface area contributed by atoms with E-state index >= 15 is 0 Å². The van der Waals surface area contributed by atoms with Crippen LogP contribution in [-0.2, 0) is 0 Å². The number of hydrogen-bond acceptors (Lipinski definition) is 2. The highest BCUT2D eigenvalue weighted by Crippen LogP contribution is 2.52. The Morgan fingerprint density at radius 2 is 1.11 bits per heavy atom. The molecule has 2 aliphatic rings. The predicted octanol–water partition coefficient (Wildman–Crippen LogP) is 12.6. The summed E-state index contributed by atoms with van der Waals surface area (Å²) < 4.78 is 5.07. The fraction of sp³-hybridized carbons (Fsp3) is 0.0600. The first-order chi connectivity index (χ1) is 26.6. The maximum atomic E-state index is 2.54. The second kappa shape index (κ2) is 11.8. The first-order valence-electron chi connectivity index (χ1n) is 18.7. The van der Waals surface area contributed by atoms with E-state index in [9.17, 15) is 0 Å². The molecular weight excluding hydrogens is 657 g/mol. The Bertz CT molecular complexity index is 2850. The molecule has 3 heterocycles. The molecule has 2 aromatic heterocycles. The Morgan fingerprint density at radius 1 is 0.500 bits per heavy atom. The first kappa shape index (κ1) is 30.7. The summed E-state index contributed by atoms with van der Waals surface area (Å²) in [6, 6.07) is 64.4. The number of aromatic nitrogens is 2. The van der Waals surface area contributed by atoms with Crippen molar-refractivity contribution in [1.82, 2.24) is 4.57 Å². The van der Waals surface area contributed by atoms with Crippen LogP contribution in [-0.4, -0.2) is 4.57 Å². The van der Waals surface area contributed by atoms with E-state index in [1.54, 1.807) is 0 Å². The normalized spacial score (nSPS) is 13.6. The van der Waals surface area contributed by atoms with E-state index < -0.39 is 0 Å². The van der Waals surface area contributed by atoms with Gasteiger partial charge in [-0.3, -0.25) is 0 Å². The van der Waals surface area contributed by atoms with Crippen molar-refractivity contribution >= 4 is 56.1 Å². The molecule has 0 bridgehead atoms. The van der Waals surface area contributed by atoms with Crippen LogP contribution in [0.3, 0.4) is 0 Å². The maximum Gasteiger partial charge on any atom is 0.298 e. The summed E-state index contributed by atoms with van der Waals surface area (Å²) >= 11 is 0. The quantitative estimate of drug-likeness (QED) is 0.161. The smallest absolute Gasteiger partial charge is 0.298 e. The molecule has 54 heavy (non-hydrogen) atoms. The summed E-state index contributed by atoms with van der Waals surface area (Å²) in [7, 11) is 0. The van der Waals surface area contributed by atoms with Crippen molar-refractivity contribution in [1.29, 1.82) is 0 Å². The number of aryl methyl sites for hydroxylation is 2. The average molecular weight is 694 g/mol. The third-order valence-electron chi connectivity index (χ3n) is 11.2. The van der Waals surface area contributed by atoms with E-state index in [-0.39, 0.29) is 6.04 Å². The van der Waals surface area contributed by atoms with Gasteiger partial charge in [-0.15, -0.1) is 0 Å². The lowest BCUT2D eigenvalue weighted by Gasteiger charge is -2.27. The van der Waals surface area contributed by atoms with Crippen LogP contribution < -0.4 is 14.4 Å². The minimum Gasteiger partial charge on any atom is -0.310 e. The number of hydrogen-bond donors (Lipinski definition) is 0. The van der Waals surface area contributed by atoms with Crippen LogP contribution in [0.4, 0.5) is 34.1 Å². The van der Waals surface area contributed by atoms with Crippen LogP contribution in [0.5, 0.6) is 0 Å². The van der Waals surface area contributed by atoms with Crippen molar-refractivity contribution < 1.29 is 4.57 Å². The van der Waals surface area contributed by atoms with Crippen molar-refractivity contribution in [2.75, 3.05) is 9.80 Å². The van der Waals surface area contributed by atoms with Crippen LogP contribution in [0.25, 0.3) is 38.8 Å². The topological polar surface area (TPSA) is 15.3 Å². The van der Waals surface area contributed by atoms with Gasteiger partial charge in [0.05, 0.1) is 23.1 Å². The van der Waals surface area contributed by atoms with Crippen molar-refractivity contribution in [3.63, 3.8) is 0 Å². The summed E-state index contributed by atoms with van der Waals surface area (Å²) in [5, 5.41) is 2.44. The van der Waals surface area contributed by atoms with E-state index in [2.05, 4.69) is 215 Å². The zero-order valence-electron chi connectivity index (χ0n) is 30.2. The van der Waals surface area contributed by atoms with Crippen LogP contribution >= 0.6 is 0 Å². The molecule has 9 aromatic rings. The fourth-order valence-corrected chi connectivity index (χ4v) is 9.22. The molecule has 1 unspecified atom stereocenters. The van der Waals surface area contributed by atoms with E-state index in [0.29, 0.717) is 0 Å². The Morgan fingerprint density at radius 3 is 1.80 bits per heavy atom. The molecule has 0 N–H and O–H groups in total. The van der Waals surface area contributed by atoms with Gasteiger partial charge >= 0.3 is 0 Å². The van der Waals surface area contributed by atoms with Gasteiger partial charge in [0, 0.05) is 45.8 Å². The Hall–Kier alpha value is -6.91. The molecule has 0 fully saturated rings. The molecule has 0 saturated carbocycles. The third-order valence-corrected chi connectivity index (χ3v) is 11.2. The van der Waals surface area contributed by atoms with E-state index in [0.717, 1.165) is 34.1 Å². The Balaban J connectivity index is 1.26. The van der Waals surface area contributed by atoms with Crippen molar-refractivity contribution in [3.8, 4) is 16.8 Å². The van der Waals surface area contributed by atoms with Gasteiger partial charge in [0.1, 0.15) is 16.6 Å². The maximum absolute atomic E-state index is 2.54. The van der Waals surface area contributed by atoms with Gasteiger partial charge in [0.15, 0.2) is 6.04 Å².